The van der Waals surface area contributed by atoms with Gasteiger partial charge in [-0.05, 0) is 57.8 Å². The summed E-state index contributed by atoms with van der Waals surface area (Å²) in [5.74, 6) is -18.0. The van der Waals surface area contributed by atoms with Crippen molar-refractivity contribution in [3.8, 4) is 0 Å². The first-order valence-corrected chi connectivity index (χ1v) is 52.7. The van der Waals surface area contributed by atoms with E-state index in [1.54, 1.807) is 0 Å². The summed E-state index contributed by atoms with van der Waals surface area (Å²) in [6, 6.07) is -4.28. The van der Waals surface area contributed by atoms with Gasteiger partial charge in [-0.2, -0.15) is 0 Å². The molecular weight excluding hydrogens is 1750 g/mol. The second kappa shape index (κ2) is 72.1. The van der Waals surface area contributed by atoms with Crippen LogP contribution in [-0.4, -0.2) is 256 Å². The zero-order valence-corrected chi connectivity index (χ0v) is 82.1. The Morgan fingerprint density at radius 3 is 1.14 bits per heavy atom. The lowest BCUT2D eigenvalue weighted by atomic mass is 9.90. The molecule has 0 saturated carbocycles. The maximum absolute atomic E-state index is 15.5. The number of phosphoric acid groups is 1. The summed E-state index contributed by atoms with van der Waals surface area (Å²) in [6.45, 7) is 7.51. The number of carboxylic acids is 3. The molecule has 14 N–H and O–H groups in total. The molecular formula is C97H175N2O33P. The van der Waals surface area contributed by atoms with Gasteiger partial charge in [-0.3, -0.25) is 33.3 Å². The molecule has 0 aromatic heterocycles. The number of unbranched alkanes of at least 4 members (excludes halogenated alkanes) is 42. The summed E-state index contributed by atoms with van der Waals surface area (Å²) in [6.07, 6.45) is 7.97. The van der Waals surface area contributed by atoms with Gasteiger partial charge >= 0.3 is 49.6 Å². The Morgan fingerprint density at radius 1 is 0.429 bits per heavy atom. The Balaban J connectivity index is 2.46. The summed E-state index contributed by atoms with van der Waals surface area (Å²) >= 11 is 0. The third-order valence-corrected chi connectivity index (χ3v) is 25.7. The van der Waals surface area contributed by atoms with Crippen LogP contribution >= 0.6 is 7.82 Å². The molecule has 3 saturated heterocycles. The molecule has 3 fully saturated rings. The van der Waals surface area contributed by atoms with E-state index in [1.807, 2.05) is 0 Å². The zero-order chi connectivity index (χ0) is 98.3. The molecule has 0 aliphatic carbocycles. The lowest BCUT2D eigenvalue weighted by molar-refractivity contribution is -0.377. The van der Waals surface area contributed by atoms with Gasteiger partial charge in [0.05, 0.1) is 57.9 Å². The van der Waals surface area contributed by atoms with Crippen molar-refractivity contribution in [2.24, 2.45) is 0 Å². The topological polar surface area (TPSA) is 539 Å². The van der Waals surface area contributed by atoms with Crippen molar-refractivity contribution >= 4 is 61.4 Å². The number of phosphoric ester groups is 1. The Kier molecular flexibility index (Phi) is 66.2. The van der Waals surface area contributed by atoms with E-state index in [1.165, 1.54) is 0 Å². The van der Waals surface area contributed by atoms with E-state index in [4.69, 9.17) is 51.9 Å². The van der Waals surface area contributed by atoms with Gasteiger partial charge in [0, 0.05) is 32.1 Å². The molecule has 19 atom stereocenters. The van der Waals surface area contributed by atoms with Gasteiger partial charge in [0.25, 0.3) is 11.6 Å². The van der Waals surface area contributed by atoms with E-state index in [2.05, 4.69) is 52.2 Å². The summed E-state index contributed by atoms with van der Waals surface area (Å²) in [7, 11) is -6.10. The molecule has 35 nitrogen and oxygen atoms in total. The number of carbonyl (C=O) groups is 9. The Morgan fingerprint density at radius 2 is 0.774 bits per heavy atom. The molecule has 13 unspecified atom stereocenters. The number of amides is 2. The highest BCUT2D eigenvalue weighted by Gasteiger charge is 2.62. The minimum absolute atomic E-state index is 0.00611. The lowest BCUT2D eigenvalue weighted by Gasteiger charge is -2.50. The molecule has 133 heavy (non-hydrogen) atoms. The van der Waals surface area contributed by atoms with Crippen LogP contribution in [0.1, 0.15) is 420 Å². The van der Waals surface area contributed by atoms with Crippen molar-refractivity contribution in [3.05, 3.63) is 0 Å². The van der Waals surface area contributed by atoms with E-state index < -0.39 is 235 Å². The molecule has 0 aromatic rings. The maximum Gasteiger partial charge on any atom is 0.470 e. The molecule has 3 heterocycles. The summed E-state index contributed by atoms with van der Waals surface area (Å²) in [4.78, 5) is 151. The number of aliphatic hydroxyl groups is 7. The zero-order valence-electron chi connectivity index (χ0n) is 81.2. The number of ether oxygens (including phenoxy) is 10. The highest BCUT2D eigenvalue weighted by atomic mass is 31.2. The minimum Gasteiger partial charge on any atom is -0.480 e. The summed E-state index contributed by atoms with van der Waals surface area (Å²) in [5, 5.41) is 115. The predicted octanol–water partition coefficient (Wildman–Crippen LogP) is 14.6. The highest BCUT2D eigenvalue weighted by Crippen LogP contribution is 2.45. The normalized spacial score (nSPS) is 23.5. The number of hydrogen-bond acceptors (Lipinski definition) is 28. The van der Waals surface area contributed by atoms with Crippen LogP contribution in [-0.2, 0) is 99.6 Å². The second-order valence-corrected chi connectivity index (χ2v) is 38.3. The number of carboxylic acid groups (broad SMARTS) is 3. The van der Waals surface area contributed by atoms with Crippen molar-refractivity contribution in [2.45, 2.75) is 536 Å². The van der Waals surface area contributed by atoms with E-state index in [0.717, 1.165) is 244 Å². The number of hydrogen-bond donors (Lipinski definition) is 14. The Hall–Kier alpha value is -5.18. The van der Waals surface area contributed by atoms with Crippen LogP contribution < -0.4 is 10.6 Å². The average Bonchev–Trinajstić information content (AvgIpc) is 0.751. The monoisotopic (exact) mass is 1930 g/mol. The minimum atomic E-state index is -6.10. The molecule has 2 amide bonds. The van der Waals surface area contributed by atoms with Crippen LogP contribution in [0.25, 0.3) is 0 Å². The average molecular weight is 1930 g/mol. The highest BCUT2D eigenvalue weighted by molar-refractivity contribution is 7.46. The third-order valence-electron chi connectivity index (χ3n) is 25.2. The molecule has 0 bridgehead atoms. The van der Waals surface area contributed by atoms with Crippen LogP contribution in [0.4, 0.5) is 0 Å². The first kappa shape index (κ1) is 122. The van der Waals surface area contributed by atoms with E-state index in [0.29, 0.717) is 64.2 Å². The first-order chi connectivity index (χ1) is 63.8. The molecule has 0 aromatic carbocycles. The van der Waals surface area contributed by atoms with Crippen molar-refractivity contribution < 1.29 is 160 Å². The number of carbonyl (C=O) groups excluding carboxylic acids is 6. The van der Waals surface area contributed by atoms with Crippen LogP contribution in [0.5, 0.6) is 0 Å². The molecule has 0 spiro atoms. The Bertz CT molecular complexity index is 3190. The summed E-state index contributed by atoms with van der Waals surface area (Å²) in [5.41, 5.74) is 0. The number of aliphatic hydroxyl groups excluding tert-OH is 7. The largest absolute Gasteiger partial charge is 0.480 e. The molecule has 3 rings (SSSR count). The van der Waals surface area contributed by atoms with Gasteiger partial charge < -0.3 is 119 Å². The van der Waals surface area contributed by atoms with Gasteiger partial charge in [-0.15, -0.1) is 0 Å². The van der Waals surface area contributed by atoms with E-state index in [9.17, 15) is 99.0 Å². The van der Waals surface area contributed by atoms with Crippen molar-refractivity contribution in [1.29, 1.82) is 0 Å². The van der Waals surface area contributed by atoms with Gasteiger partial charge in [-0.1, -0.05) is 311 Å². The van der Waals surface area contributed by atoms with E-state index in [-0.39, 0.29) is 38.5 Å². The smallest absolute Gasteiger partial charge is 0.470 e. The second-order valence-electron chi connectivity index (χ2n) is 37.1. The van der Waals surface area contributed by atoms with Crippen LogP contribution in [0, 0.1) is 0 Å². The van der Waals surface area contributed by atoms with Gasteiger partial charge in [0.2, 0.25) is 11.8 Å². The lowest BCUT2D eigenvalue weighted by Crippen LogP contribution is -2.69. The van der Waals surface area contributed by atoms with E-state index >= 15 is 9.59 Å². The molecule has 3 aliphatic heterocycles. The number of esters is 4. The van der Waals surface area contributed by atoms with Crippen molar-refractivity contribution in [1.82, 2.24) is 10.6 Å². The van der Waals surface area contributed by atoms with Crippen molar-refractivity contribution in [2.75, 3.05) is 26.4 Å². The van der Waals surface area contributed by atoms with Gasteiger partial charge in [-0.25, -0.2) is 18.9 Å². The van der Waals surface area contributed by atoms with Gasteiger partial charge in [0.1, 0.15) is 73.2 Å². The van der Waals surface area contributed by atoms with Crippen LogP contribution in [0.15, 0.2) is 0 Å². The number of aliphatic carboxylic acids is 3. The molecule has 0 radical (unpaired) electrons. The van der Waals surface area contributed by atoms with Crippen molar-refractivity contribution in [3.63, 3.8) is 0 Å². The first-order valence-electron chi connectivity index (χ1n) is 51.2. The maximum atomic E-state index is 15.5. The fourth-order valence-corrected chi connectivity index (χ4v) is 17.9. The molecule has 776 valence electrons. The standard InChI is InChI=1S/C97H175N2O33P/c1-7-13-19-25-31-34-40-43-49-55-70(124-81(107)58-52-46-37-28-22-16-10-4)61-79(105)98-73(92(113)114)68-122-93-85(99-80(106)62-71(56-50-44-41-35-32-26-20-14-8-2)125-82(108)59-53-47-38-29-23-17-11-5)91(128-84(110)63-72(57-51-45-42-36-33-27-21-15-9-3)126-83(109)60-54-48-39-30-24-18-12-6)90(132-133(119,120)121)78(127-93)69-123-96(94(115)116)65-77(87(112)89(130-96)76(104)67-101)129-97(95(117)118)64-74(102)86(111)88(131-97)75(103)66-100/h70-78,85-91,93,100-104,111-112H,7-69H2,1-6H3,(H,98,105)(H,99,106)(H,113,114)(H,115,116)(H,117,118)(H2,119,120,121)/t70-,71-,72-,73+,74?,75-,76-,77?,78?,85?,86?,87?,88?,89?,90?,91?,93?,96?,97?/m1/s1. The third kappa shape index (κ3) is 51.5. The fourth-order valence-electron chi connectivity index (χ4n) is 17.3. The Labute approximate surface area is 791 Å². The SMILES string of the molecule is CCCCCCCCCCC[C@H](CC(=O)NC1C(OC[C@H](NC(=O)C[C@@H](CCCCCCCCCCC)OC(=O)CCCCCCCCC)C(=O)O)OC(COC2(C(=O)O)CC(OC3(C(=O)O)CC(O)C(O)C([C@H](O)CO)O3)C(O)C([C@H](O)CO)O2)C(OP(=O)(O)O)C1OC(=O)C[C@@H](CCCCCCCCCCC)OC(=O)CCCCCCCCC)OC(=O)CCCCCCCCC. The number of rotatable bonds is 83. The number of nitrogens with one attached hydrogen (secondary N) is 2. The predicted molar refractivity (Wildman–Crippen MR) is 495 cm³/mol. The molecule has 3 aliphatic rings. The molecule has 36 heteroatoms. The quantitative estimate of drug-likeness (QED) is 0.0116. The van der Waals surface area contributed by atoms with Crippen LogP contribution in [0.2, 0.25) is 0 Å². The van der Waals surface area contributed by atoms with Crippen LogP contribution in [0.3, 0.4) is 0 Å². The fraction of sp³-hybridized carbons (Fsp3) is 0.907. The summed E-state index contributed by atoms with van der Waals surface area (Å²) < 4.78 is 80.3. The van der Waals surface area contributed by atoms with Gasteiger partial charge in [0.15, 0.2) is 18.4 Å².